The molecule has 0 aliphatic carbocycles. The van der Waals surface area contributed by atoms with Gasteiger partial charge in [0.25, 0.3) is 0 Å². The molecule has 2 aromatic carbocycles. The van der Waals surface area contributed by atoms with E-state index in [4.69, 9.17) is 20.9 Å². The number of rotatable bonds is 5. The van der Waals surface area contributed by atoms with Gasteiger partial charge in [0.05, 0.1) is 22.0 Å². The molecule has 0 radical (unpaired) electrons. The summed E-state index contributed by atoms with van der Waals surface area (Å²) < 4.78 is 31.9. The zero-order chi connectivity index (χ0) is 19.8. The van der Waals surface area contributed by atoms with E-state index in [1.165, 1.54) is 22.9 Å². The van der Waals surface area contributed by atoms with Crippen molar-refractivity contribution in [3.63, 3.8) is 0 Å². The molecule has 7 nitrogen and oxygen atoms in total. The number of carboxylic acid groups (broad SMARTS) is 1. The quantitative estimate of drug-likeness (QED) is 0.650. The molecule has 1 aromatic heterocycles. The van der Waals surface area contributed by atoms with Crippen molar-refractivity contribution < 1.29 is 22.5 Å². The Kier molecular flexibility index (Phi) is 4.95. The summed E-state index contributed by atoms with van der Waals surface area (Å²) in [5.74, 6) is -1.35. The highest BCUT2D eigenvalue weighted by molar-refractivity contribution is 7.87. The monoisotopic (exact) mass is 406 g/mol. The minimum atomic E-state index is -4.29. The molecule has 0 bridgehead atoms. The Hall–Kier alpha value is -2.84. The van der Waals surface area contributed by atoms with Crippen molar-refractivity contribution in [2.45, 2.75) is 18.7 Å². The molecule has 0 atom stereocenters. The fourth-order valence-electron chi connectivity index (χ4n) is 2.39. The molecule has 0 fully saturated rings. The molecule has 9 heteroatoms. The van der Waals surface area contributed by atoms with E-state index in [0.29, 0.717) is 11.4 Å². The maximum atomic E-state index is 12.6. The molecule has 0 spiro atoms. The summed E-state index contributed by atoms with van der Waals surface area (Å²) >= 11 is 5.79. The fourth-order valence-corrected chi connectivity index (χ4v) is 3.53. The highest BCUT2D eigenvalue weighted by Gasteiger charge is 2.23. The van der Waals surface area contributed by atoms with Crippen LogP contribution in [0.15, 0.2) is 53.4 Å². The van der Waals surface area contributed by atoms with Crippen LogP contribution < -0.4 is 4.18 Å². The van der Waals surface area contributed by atoms with Gasteiger partial charge in [-0.25, -0.2) is 4.79 Å². The van der Waals surface area contributed by atoms with Gasteiger partial charge >= 0.3 is 16.1 Å². The average Bonchev–Trinajstić information content (AvgIpc) is 2.95. The minimum Gasteiger partial charge on any atom is -0.478 e. The van der Waals surface area contributed by atoms with Gasteiger partial charge in [0, 0.05) is 6.07 Å². The SMILES string of the molecule is Cc1ccc(-n2nc(C)cc2OS(=O)(=O)c2ccc(Cl)c(C(=O)O)c2)cc1. The Bertz CT molecular complexity index is 1120. The molecular weight excluding hydrogens is 392 g/mol. The second-order valence-corrected chi connectivity index (χ2v) is 7.81. The summed E-state index contributed by atoms with van der Waals surface area (Å²) in [5, 5.41) is 13.3. The number of hydrogen-bond acceptors (Lipinski definition) is 5. The lowest BCUT2D eigenvalue weighted by Gasteiger charge is -2.10. The van der Waals surface area contributed by atoms with Gasteiger partial charge in [0.1, 0.15) is 4.90 Å². The van der Waals surface area contributed by atoms with Crippen LogP contribution in [-0.2, 0) is 10.1 Å². The molecule has 3 aromatic rings. The van der Waals surface area contributed by atoms with E-state index in [2.05, 4.69) is 5.10 Å². The van der Waals surface area contributed by atoms with Crippen molar-refractivity contribution >= 4 is 27.7 Å². The molecule has 3 rings (SSSR count). The van der Waals surface area contributed by atoms with Crippen LogP contribution in [-0.4, -0.2) is 29.3 Å². The zero-order valence-electron chi connectivity index (χ0n) is 14.4. The number of benzene rings is 2. The highest BCUT2D eigenvalue weighted by atomic mass is 35.5. The van der Waals surface area contributed by atoms with Crippen LogP contribution in [0, 0.1) is 13.8 Å². The number of carbonyl (C=O) groups is 1. The summed E-state index contributed by atoms with van der Waals surface area (Å²) in [4.78, 5) is 10.9. The van der Waals surface area contributed by atoms with Crippen LogP contribution in [0.1, 0.15) is 21.6 Å². The number of nitrogens with zero attached hydrogens (tertiary/aromatic N) is 2. The Morgan fingerprint density at radius 1 is 1.11 bits per heavy atom. The third-order valence-electron chi connectivity index (χ3n) is 3.73. The molecule has 0 aliphatic heterocycles. The Morgan fingerprint density at radius 2 is 1.78 bits per heavy atom. The molecule has 1 heterocycles. The average molecular weight is 407 g/mol. The van der Waals surface area contributed by atoms with Crippen molar-refractivity contribution in [1.29, 1.82) is 0 Å². The molecule has 27 heavy (non-hydrogen) atoms. The number of aromatic carboxylic acids is 1. The third-order valence-corrected chi connectivity index (χ3v) is 5.28. The van der Waals surface area contributed by atoms with Crippen LogP contribution in [0.3, 0.4) is 0 Å². The summed E-state index contributed by atoms with van der Waals surface area (Å²) in [7, 11) is -4.29. The van der Waals surface area contributed by atoms with Crippen molar-refractivity contribution in [1.82, 2.24) is 9.78 Å². The van der Waals surface area contributed by atoms with E-state index in [0.717, 1.165) is 11.6 Å². The van der Waals surface area contributed by atoms with Gasteiger partial charge in [-0.3, -0.25) is 0 Å². The van der Waals surface area contributed by atoms with Gasteiger partial charge in [-0.2, -0.15) is 18.2 Å². The predicted molar refractivity (Wildman–Crippen MR) is 99.3 cm³/mol. The van der Waals surface area contributed by atoms with Crippen LogP contribution in [0.2, 0.25) is 5.02 Å². The molecular formula is C18H15ClN2O5S. The molecule has 0 unspecified atom stereocenters. The summed E-state index contributed by atoms with van der Waals surface area (Å²) in [5.41, 5.74) is 1.90. The van der Waals surface area contributed by atoms with E-state index in [1.54, 1.807) is 19.1 Å². The summed E-state index contributed by atoms with van der Waals surface area (Å²) in [6.45, 7) is 3.63. The maximum absolute atomic E-state index is 12.6. The number of hydrogen-bond donors (Lipinski definition) is 1. The molecule has 0 amide bonds. The first-order valence-electron chi connectivity index (χ1n) is 7.78. The topological polar surface area (TPSA) is 98.5 Å². The van der Waals surface area contributed by atoms with E-state index >= 15 is 0 Å². The molecule has 1 N–H and O–H groups in total. The first kappa shape index (κ1) is 18.9. The summed E-state index contributed by atoms with van der Waals surface area (Å²) in [6, 6.07) is 12.1. The normalized spacial score (nSPS) is 11.4. The number of aryl methyl sites for hydroxylation is 2. The molecule has 140 valence electrons. The van der Waals surface area contributed by atoms with Crippen LogP contribution in [0.5, 0.6) is 5.88 Å². The van der Waals surface area contributed by atoms with Crippen LogP contribution in [0.4, 0.5) is 0 Å². The minimum absolute atomic E-state index is 0.0109. The maximum Gasteiger partial charge on any atom is 0.340 e. The largest absolute Gasteiger partial charge is 0.478 e. The van der Waals surface area contributed by atoms with Gasteiger partial charge in [-0.1, -0.05) is 29.3 Å². The lowest BCUT2D eigenvalue weighted by molar-refractivity contribution is 0.0697. The van der Waals surface area contributed by atoms with Crippen LogP contribution >= 0.6 is 11.6 Å². The Morgan fingerprint density at radius 3 is 2.41 bits per heavy atom. The standard InChI is InChI=1S/C18H15ClN2O5S/c1-11-3-5-13(6-4-11)21-17(9-12(2)20-21)26-27(24,25)14-7-8-16(19)15(10-14)18(22)23/h3-10H,1-2H3,(H,22,23). The van der Waals surface area contributed by atoms with E-state index in [9.17, 15) is 13.2 Å². The zero-order valence-corrected chi connectivity index (χ0v) is 16.0. The number of aromatic nitrogens is 2. The van der Waals surface area contributed by atoms with Crippen molar-refractivity contribution in [2.75, 3.05) is 0 Å². The van der Waals surface area contributed by atoms with E-state index in [-0.39, 0.29) is 21.4 Å². The predicted octanol–water partition coefficient (Wildman–Crippen LogP) is 3.61. The lowest BCUT2D eigenvalue weighted by atomic mass is 10.2. The first-order valence-corrected chi connectivity index (χ1v) is 9.57. The van der Waals surface area contributed by atoms with E-state index < -0.39 is 16.1 Å². The van der Waals surface area contributed by atoms with Gasteiger partial charge in [0.2, 0.25) is 5.88 Å². The van der Waals surface area contributed by atoms with Crippen molar-refractivity contribution in [2.24, 2.45) is 0 Å². The molecule has 0 saturated heterocycles. The molecule has 0 saturated carbocycles. The number of halogens is 1. The van der Waals surface area contributed by atoms with Crippen molar-refractivity contribution in [3.05, 3.63) is 70.4 Å². The first-order chi connectivity index (χ1) is 12.7. The van der Waals surface area contributed by atoms with Gasteiger partial charge in [-0.05, 0) is 44.2 Å². The second-order valence-electron chi connectivity index (χ2n) is 5.86. The highest BCUT2D eigenvalue weighted by Crippen LogP contribution is 2.26. The van der Waals surface area contributed by atoms with E-state index in [1.807, 2.05) is 19.1 Å². The fraction of sp³-hybridized carbons (Fsp3) is 0.111. The Labute approximate surface area is 160 Å². The molecule has 0 aliphatic rings. The lowest BCUT2D eigenvalue weighted by Crippen LogP contribution is -2.13. The van der Waals surface area contributed by atoms with Gasteiger partial charge in [-0.15, -0.1) is 0 Å². The smallest absolute Gasteiger partial charge is 0.340 e. The van der Waals surface area contributed by atoms with Crippen LogP contribution in [0.25, 0.3) is 5.69 Å². The Balaban J connectivity index is 2.01. The van der Waals surface area contributed by atoms with Gasteiger partial charge < -0.3 is 9.29 Å². The number of carboxylic acids is 1. The van der Waals surface area contributed by atoms with Crippen molar-refractivity contribution in [3.8, 4) is 11.6 Å². The third kappa shape index (κ3) is 3.96. The summed E-state index contributed by atoms with van der Waals surface area (Å²) in [6.07, 6.45) is 0. The van der Waals surface area contributed by atoms with Gasteiger partial charge in [0.15, 0.2) is 0 Å². The second kappa shape index (κ2) is 7.05.